The Morgan fingerprint density at radius 2 is 2.15 bits per heavy atom. The Morgan fingerprint density at radius 3 is 2.70 bits per heavy atom. The fourth-order valence-electron chi connectivity index (χ4n) is 2.25. The van der Waals surface area contributed by atoms with Crippen molar-refractivity contribution in [3.63, 3.8) is 0 Å². The number of rotatable bonds is 3. The number of hydrogen-bond donors (Lipinski definition) is 1. The lowest BCUT2D eigenvalue weighted by Crippen LogP contribution is -2.52. The fourth-order valence-corrected chi connectivity index (χ4v) is 2.25. The molecular formula is C16H26N2O2. The fraction of sp³-hybridized carbons (Fsp3) is 0.688. The van der Waals surface area contributed by atoms with Crippen molar-refractivity contribution in [3.8, 4) is 5.88 Å². The molecule has 2 heterocycles. The quantitative estimate of drug-likeness (QED) is 0.922. The molecule has 1 aliphatic rings. The van der Waals surface area contributed by atoms with E-state index in [0.29, 0.717) is 12.5 Å². The molecule has 112 valence electrons. The van der Waals surface area contributed by atoms with Crippen molar-refractivity contribution >= 4 is 0 Å². The zero-order valence-electron chi connectivity index (χ0n) is 13.2. The average molecular weight is 278 g/mol. The number of hydrogen-bond acceptors (Lipinski definition) is 4. The van der Waals surface area contributed by atoms with Crippen molar-refractivity contribution < 1.29 is 9.47 Å². The molecule has 0 aliphatic carbocycles. The average Bonchev–Trinajstić information content (AvgIpc) is 2.35. The molecule has 0 saturated carbocycles. The molecule has 1 fully saturated rings. The van der Waals surface area contributed by atoms with Crippen molar-refractivity contribution in [2.45, 2.75) is 51.7 Å². The topological polar surface area (TPSA) is 43.4 Å². The van der Waals surface area contributed by atoms with Crippen LogP contribution < -0.4 is 10.1 Å². The molecule has 0 bridgehead atoms. The van der Waals surface area contributed by atoms with Gasteiger partial charge < -0.3 is 14.8 Å². The molecule has 20 heavy (non-hydrogen) atoms. The molecule has 0 radical (unpaired) electrons. The van der Waals surface area contributed by atoms with Gasteiger partial charge in [0.1, 0.15) is 12.7 Å². The number of morpholine rings is 1. The van der Waals surface area contributed by atoms with Gasteiger partial charge in [0, 0.05) is 25.4 Å². The Bertz CT molecular complexity index is 435. The Morgan fingerprint density at radius 1 is 1.40 bits per heavy atom. The molecule has 1 unspecified atom stereocenters. The third kappa shape index (κ3) is 4.18. The van der Waals surface area contributed by atoms with Crippen LogP contribution in [0.5, 0.6) is 5.88 Å². The number of aromatic nitrogens is 1. The molecule has 1 atom stereocenters. The molecule has 1 saturated heterocycles. The zero-order chi connectivity index (χ0) is 14.8. The largest absolute Gasteiger partial charge is 0.475 e. The van der Waals surface area contributed by atoms with Crippen molar-refractivity contribution in [1.29, 1.82) is 0 Å². The summed E-state index contributed by atoms with van der Waals surface area (Å²) in [5, 5.41) is 3.36. The SMILES string of the molecule is CC1(C)CNCC(COc2ccc(C(C)(C)C)cn2)O1. The molecule has 0 amide bonds. The first-order chi connectivity index (χ1) is 9.26. The predicted molar refractivity (Wildman–Crippen MR) is 80.3 cm³/mol. The van der Waals surface area contributed by atoms with Crippen LogP contribution in [0, 0.1) is 0 Å². The van der Waals surface area contributed by atoms with Gasteiger partial charge in [0.15, 0.2) is 0 Å². The highest BCUT2D eigenvalue weighted by molar-refractivity contribution is 5.23. The van der Waals surface area contributed by atoms with E-state index in [2.05, 4.69) is 51.0 Å². The van der Waals surface area contributed by atoms with Crippen molar-refractivity contribution in [1.82, 2.24) is 10.3 Å². The molecule has 4 heteroatoms. The van der Waals surface area contributed by atoms with E-state index in [4.69, 9.17) is 9.47 Å². The molecule has 1 N–H and O–H groups in total. The maximum absolute atomic E-state index is 5.96. The minimum atomic E-state index is -0.129. The van der Waals surface area contributed by atoms with Crippen molar-refractivity contribution in [2.24, 2.45) is 0 Å². The summed E-state index contributed by atoms with van der Waals surface area (Å²) in [6.45, 7) is 12.9. The van der Waals surface area contributed by atoms with E-state index in [9.17, 15) is 0 Å². The van der Waals surface area contributed by atoms with Crippen LogP contribution in [0.4, 0.5) is 0 Å². The summed E-state index contributed by atoms with van der Waals surface area (Å²) in [6.07, 6.45) is 1.96. The Kier molecular flexibility index (Phi) is 4.35. The lowest BCUT2D eigenvalue weighted by atomic mass is 9.88. The van der Waals surface area contributed by atoms with E-state index >= 15 is 0 Å². The smallest absolute Gasteiger partial charge is 0.213 e. The van der Waals surface area contributed by atoms with Crippen LogP contribution in [0.3, 0.4) is 0 Å². The van der Waals surface area contributed by atoms with E-state index in [1.165, 1.54) is 5.56 Å². The number of pyridine rings is 1. The second kappa shape index (κ2) is 5.70. The molecule has 1 aliphatic heterocycles. The van der Waals surface area contributed by atoms with Crippen LogP contribution in [-0.2, 0) is 10.2 Å². The summed E-state index contributed by atoms with van der Waals surface area (Å²) in [5.74, 6) is 0.657. The van der Waals surface area contributed by atoms with E-state index in [1.54, 1.807) is 0 Å². The second-order valence-corrected chi connectivity index (χ2v) is 7.08. The van der Waals surface area contributed by atoms with Crippen LogP contribution in [0.1, 0.15) is 40.2 Å². The molecular weight excluding hydrogens is 252 g/mol. The normalized spacial score (nSPS) is 22.6. The lowest BCUT2D eigenvalue weighted by molar-refractivity contribution is -0.107. The Balaban J connectivity index is 1.88. The van der Waals surface area contributed by atoms with Gasteiger partial charge in [-0.2, -0.15) is 0 Å². The molecule has 1 aromatic rings. The standard InChI is InChI=1S/C16H26N2O2/c1-15(2,3)12-6-7-14(18-8-12)19-10-13-9-17-11-16(4,5)20-13/h6-8,13,17H,9-11H2,1-5H3. The minimum absolute atomic E-state index is 0.0721. The van der Waals surface area contributed by atoms with Crippen LogP contribution in [-0.4, -0.2) is 36.4 Å². The minimum Gasteiger partial charge on any atom is -0.475 e. The molecule has 2 rings (SSSR count). The molecule has 0 aromatic carbocycles. The third-order valence-electron chi connectivity index (χ3n) is 3.43. The lowest BCUT2D eigenvalue weighted by Gasteiger charge is -2.36. The zero-order valence-corrected chi connectivity index (χ0v) is 13.2. The summed E-state index contributed by atoms with van der Waals surface area (Å²) < 4.78 is 11.7. The number of ether oxygens (including phenoxy) is 2. The Labute approximate surface area is 121 Å². The molecule has 4 nitrogen and oxygen atoms in total. The first kappa shape index (κ1) is 15.3. The van der Waals surface area contributed by atoms with E-state index in [-0.39, 0.29) is 17.1 Å². The third-order valence-corrected chi connectivity index (χ3v) is 3.43. The van der Waals surface area contributed by atoms with Gasteiger partial charge in [-0.05, 0) is 24.8 Å². The first-order valence-corrected chi connectivity index (χ1v) is 7.24. The molecule has 1 aromatic heterocycles. The van der Waals surface area contributed by atoms with Crippen molar-refractivity contribution in [2.75, 3.05) is 19.7 Å². The summed E-state index contributed by atoms with van der Waals surface area (Å²) >= 11 is 0. The highest BCUT2D eigenvalue weighted by Gasteiger charge is 2.28. The van der Waals surface area contributed by atoms with Gasteiger partial charge in [-0.3, -0.25) is 0 Å². The van der Waals surface area contributed by atoms with Gasteiger partial charge >= 0.3 is 0 Å². The summed E-state index contributed by atoms with van der Waals surface area (Å²) in [7, 11) is 0. The number of nitrogens with one attached hydrogen (secondary N) is 1. The van der Waals surface area contributed by atoms with Crippen LogP contribution in [0.15, 0.2) is 18.3 Å². The Hall–Kier alpha value is -1.13. The number of nitrogens with zero attached hydrogens (tertiary/aromatic N) is 1. The van der Waals surface area contributed by atoms with Crippen LogP contribution >= 0.6 is 0 Å². The van der Waals surface area contributed by atoms with E-state index < -0.39 is 0 Å². The maximum atomic E-state index is 5.96. The highest BCUT2D eigenvalue weighted by atomic mass is 16.6. The van der Waals surface area contributed by atoms with Gasteiger partial charge in [0.2, 0.25) is 5.88 Å². The summed E-state index contributed by atoms with van der Waals surface area (Å²) in [6, 6.07) is 4.01. The van der Waals surface area contributed by atoms with Gasteiger partial charge in [-0.1, -0.05) is 26.8 Å². The summed E-state index contributed by atoms with van der Waals surface area (Å²) in [4.78, 5) is 4.37. The van der Waals surface area contributed by atoms with Gasteiger partial charge in [-0.25, -0.2) is 4.98 Å². The van der Waals surface area contributed by atoms with E-state index in [0.717, 1.165) is 13.1 Å². The summed E-state index contributed by atoms with van der Waals surface area (Å²) in [5.41, 5.74) is 1.20. The van der Waals surface area contributed by atoms with Crippen LogP contribution in [0.25, 0.3) is 0 Å². The maximum Gasteiger partial charge on any atom is 0.213 e. The molecule has 0 spiro atoms. The van der Waals surface area contributed by atoms with Gasteiger partial charge in [-0.15, -0.1) is 0 Å². The second-order valence-electron chi connectivity index (χ2n) is 7.08. The van der Waals surface area contributed by atoms with E-state index in [1.807, 2.05) is 12.3 Å². The van der Waals surface area contributed by atoms with Gasteiger partial charge in [0.25, 0.3) is 0 Å². The van der Waals surface area contributed by atoms with Gasteiger partial charge in [0.05, 0.1) is 5.60 Å². The van der Waals surface area contributed by atoms with Crippen molar-refractivity contribution in [3.05, 3.63) is 23.9 Å². The predicted octanol–water partition coefficient (Wildman–Crippen LogP) is 2.52. The monoisotopic (exact) mass is 278 g/mol. The van der Waals surface area contributed by atoms with Crippen LogP contribution in [0.2, 0.25) is 0 Å². The first-order valence-electron chi connectivity index (χ1n) is 7.24. The highest BCUT2D eigenvalue weighted by Crippen LogP contribution is 2.23.